The van der Waals surface area contributed by atoms with Gasteiger partial charge in [-0.1, -0.05) is 27.2 Å². The first-order chi connectivity index (χ1) is 7.72. The van der Waals surface area contributed by atoms with Crippen molar-refractivity contribution in [3.63, 3.8) is 0 Å². The minimum Gasteiger partial charge on any atom is -0.491 e. The number of rotatable bonds is 5. The molecule has 0 aliphatic rings. The lowest BCUT2D eigenvalue weighted by Crippen LogP contribution is -2.16. The lowest BCUT2D eigenvalue weighted by Gasteiger charge is -2.10. The maximum absolute atomic E-state index is 12.5. The summed E-state index contributed by atoms with van der Waals surface area (Å²) in [6, 6.07) is 5.77. The molecule has 0 heterocycles. The first-order valence-electron chi connectivity index (χ1n) is 5.78. The van der Waals surface area contributed by atoms with Gasteiger partial charge in [0.15, 0.2) is 0 Å². The molecule has 0 saturated heterocycles. The van der Waals surface area contributed by atoms with E-state index in [2.05, 4.69) is 0 Å². The molecular weight excluding hydrogens is 207 g/mol. The second kappa shape index (κ2) is 9.16. The van der Waals surface area contributed by atoms with Crippen molar-refractivity contribution < 1.29 is 14.2 Å². The number of aliphatic hydroxyl groups is 1. The molecule has 1 N–H and O–H groups in total. The van der Waals surface area contributed by atoms with E-state index in [-0.39, 0.29) is 12.4 Å². The van der Waals surface area contributed by atoms with E-state index >= 15 is 0 Å². The van der Waals surface area contributed by atoms with E-state index < -0.39 is 6.10 Å². The highest BCUT2D eigenvalue weighted by Crippen LogP contribution is 2.11. The zero-order valence-electron chi connectivity index (χ0n) is 10.2. The van der Waals surface area contributed by atoms with Crippen LogP contribution in [-0.2, 0) is 0 Å². The Morgan fingerprint density at radius 3 is 2.31 bits per heavy atom. The SMILES string of the molecule is CC.CCC[C@H](O)COc1ccc(F)cc1. The van der Waals surface area contributed by atoms with Gasteiger partial charge in [-0.15, -0.1) is 0 Å². The van der Waals surface area contributed by atoms with Crippen molar-refractivity contribution in [1.82, 2.24) is 0 Å². The molecule has 1 rings (SSSR count). The highest BCUT2D eigenvalue weighted by atomic mass is 19.1. The van der Waals surface area contributed by atoms with Crippen LogP contribution < -0.4 is 4.74 Å². The van der Waals surface area contributed by atoms with Crippen molar-refractivity contribution >= 4 is 0 Å². The van der Waals surface area contributed by atoms with Gasteiger partial charge in [0.25, 0.3) is 0 Å². The summed E-state index contributed by atoms with van der Waals surface area (Å²) in [7, 11) is 0. The lowest BCUT2D eigenvalue weighted by molar-refractivity contribution is 0.0993. The molecule has 0 aliphatic heterocycles. The first kappa shape index (κ1) is 14.9. The quantitative estimate of drug-likeness (QED) is 0.837. The minimum atomic E-state index is -0.440. The Morgan fingerprint density at radius 1 is 1.25 bits per heavy atom. The molecule has 0 spiro atoms. The van der Waals surface area contributed by atoms with E-state index in [0.29, 0.717) is 5.75 Å². The Balaban J connectivity index is 0.00000106. The molecule has 0 unspecified atom stereocenters. The minimum absolute atomic E-state index is 0.263. The topological polar surface area (TPSA) is 29.5 Å². The van der Waals surface area contributed by atoms with Gasteiger partial charge in [-0.25, -0.2) is 4.39 Å². The highest BCUT2D eigenvalue weighted by Gasteiger charge is 2.03. The fourth-order valence-corrected chi connectivity index (χ4v) is 1.14. The molecule has 0 fully saturated rings. The van der Waals surface area contributed by atoms with Gasteiger partial charge in [0.2, 0.25) is 0 Å². The van der Waals surface area contributed by atoms with Gasteiger partial charge in [0.05, 0.1) is 6.10 Å². The summed E-state index contributed by atoms with van der Waals surface area (Å²) in [4.78, 5) is 0. The highest BCUT2D eigenvalue weighted by molar-refractivity contribution is 5.21. The van der Waals surface area contributed by atoms with Crippen molar-refractivity contribution in [3.05, 3.63) is 30.1 Å². The van der Waals surface area contributed by atoms with Crippen LogP contribution in [0.4, 0.5) is 4.39 Å². The standard InChI is InChI=1S/C11H15FO2.C2H6/c1-2-3-10(13)8-14-11-6-4-9(12)5-7-11;1-2/h4-7,10,13H,2-3,8H2,1H3;1-2H3/t10-;/m0./s1. The molecule has 0 amide bonds. The second-order valence-electron chi connectivity index (χ2n) is 3.21. The number of benzene rings is 1. The summed E-state index contributed by atoms with van der Waals surface area (Å²) in [5.41, 5.74) is 0. The summed E-state index contributed by atoms with van der Waals surface area (Å²) >= 11 is 0. The monoisotopic (exact) mass is 228 g/mol. The normalized spacial score (nSPS) is 11.3. The molecule has 0 bridgehead atoms. The summed E-state index contributed by atoms with van der Waals surface area (Å²) < 4.78 is 17.8. The molecule has 3 heteroatoms. The van der Waals surface area contributed by atoms with Crippen molar-refractivity contribution in [2.75, 3.05) is 6.61 Å². The van der Waals surface area contributed by atoms with Gasteiger partial charge in [-0.3, -0.25) is 0 Å². The molecule has 1 aromatic rings. The third-order valence-electron chi connectivity index (χ3n) is 1.88. The van der Waals surface area contributed by atoms with Crippen LogP contribution in [-0.4, -0.2) is 17.8 Å². The molecule has 2 nitrogen and oxygen atoms in total. The Labute approximate surface area is 97.1 Å². The zero-order chi connectivity index (χ0) is 12.4. The van der Waals surface area contributed by atoms with Crippen LogP contribution >= 0.6 is 0 Å². The number of aliphatic hydroxyl groups excluding tert-OH is 1. The Kier molecular flexibility index (Phi) is 8.53. The first-order valence-corrected chi connectivity index (χ1v) is 5.78. The summed E-state index contributed by atoms with van der Waals surface area (Å²) in [5, 5.41) is 9.37. The average Bonchev–Trinajstić information content (AvgIpc) is 2.31. The van der Waals surface area contributed by atoms with E-state index in [1.54, 1.807) is 12.1 Å². The van der Waals surface area contributed by atoms with Crippen LogP contribution in [0.15, 0.2) is 24.3 Å². The molecule has 0 aliphatic carbocycles. The lowest BCUT2D eigenvalue weighted by atomic mass is 10.2. The zero-order valence-corrected chi connectivity index (χ0v) is 10.2. The molecule has 1 atom stereocenters. The van der Waals surface area contributed by atoms with Gasteiger partial charge in [-0.2, -0.15) is 0 Å². The molecule has 16 heavy (non-hydrogen) atoms. The van der Waals surface area contributed by atoms with Crippen LogP contribution in [0.3, 0.4) is 0 Å². The third kappa shape index (κ3) is 6.40. The van der Waals surface area contributed by atoms with Crippen molar-refractivity contribution in [3.8, 4) is 5.75 Å². The van der Waals surface area contributed by atoms with Gasteiger partial charge in [0.1, 0.15) is 18.2 Å². The van der Waals surface area contributed by atoms with Crippen LogP contribution in [0.1, 0.15) is 33.6 Å². The Bertz CT molecular complexity index is 259. The van der Waals surface area contributed by atoms with E-state index in [9.17, 15) is 9.50 Å². The molecule has 0 saturated carbocycles. The van der Waals surface area contributed by atoms with Gasteiger partial charge in [-0.05, 0) is 30.7 Å². The fraction of sp³-hybridized carbons (Fsp3) is 0.538. The predicted molar refractivity (Wildman–Crippen MR) is 64.2 cm³/mol. The Hall–Kier alpha value is -1.09. The third-order valence-corrected chi connectivity index (χ3v) is 1.88. The van der Waals surface area contributed by atoms with E-state index in [0.717, 1.165) is 12.8 Å². The largest absolute Gasteiger partial charge is 0.491 e. The second-order valence-corrected chi connectivity index (χ2v) is 3.21. The molecular formula is C13H21FO2. The molecule has 0 radical (unpaired) electrons. The van der Waals surface area contributed by atoms with Gasteiger partial charge < -0.3 is 9.84 Å². The number of hydrogen-bond acceptors (Lipinski definition) is 2. The average molecular weight is 228 g/mol. The number of ether oxygens (including phenoxy) is 1. The summed E-state index contributed by atoms with van der Waals surface area (Å²) in [6.45, 7) is 6.26. The maximum atomic E-state index is 12.5. The maximum Gasteiger partial charge on any atom is 0.123 e. The number of halogens is 1. The number of hydrogen-bond donors (Lipinski definition) is 1. The molecule has 1 aromatic carbocycles. The fourth-order valence-electron chi connectivity index (χ4n) is 1.14. The Morgan fingerprint density at radius 2 is 1.81 bits per heavy atom. The van der Waals surface area contributed by atoms with Crippen LogP contribution in [0.5, 0.6) is 5.75 Å². The van der Waals surface area contributed by atoms with Crippen LogP contribution in [0.2, 0.25) is 0 Å². The van der Waals surface area contributed by atoms with Crippen molar-refractivity contribution in [2.45, 2.75) is 39.7 Å². The van der Waals surface area contributed by atoms with Crippen molar-refractivity contribution in [1.29, 1.82) is 0 Å². The van der Waals surface area contributed by atoms with E-state index in [4.69, 9.17) is 4.74 Å². The van der Waals surface area contributed by atoms with E-state index in [1.165, 1.54) is 12.1 Å². The molecule has 92 valence electrons. The van der Waals surface area contributed by atoms with Crippen LogP contribution in [0.25, 0.3) is 0 Å². The predicted octanol–water partition coefficient (Wildman–Crippen LogP) is 3.39. The smallest absolute Gasteiger partial charge is 0.123 e. The molecule has 0 aromatic heterocycles. The summed E-state index contributed by atoms with van der Waals surface area (Å²) in [5.74, 6) is 0.299. The van der Waals surface area contributed by atoms with Crippen LogP contribution in [0, 0.1) is 5.82 Å². The van der Waals surface area contributed by atoms with Crippen molar-refractivity contribution in [2.24, 2.45) is 0 Å². The summed E-state index contributed by atoms with van der Waals surface area (Å²) in [6.07, 6.45) is 1.21. The van der Waals surface area contributed by atoms with Gasteiger partial charge >= 0.3 is 0 Å². The van der Waals surface area contributed by atoms with E-state index in [1.807, 2.05) is 20.8 Å². The van der Waals surface area contributed by atoms with Gasteiger partial charge in [0, 0.05) is 0 Å².